The molecule has 0 aliphatic carbocycles. The zero-order chi connectivity index (χ0) is 23.9. The molecule has 174 valence electrons. The Balaban J connectivity index is 2.04. The Labute approximate surface area is 192 Å². The predicted octanol–water partition coefficient (Wildman–Crippen LogP) is 3.22. The fraction of sp³-hybridized carbons (Fsp3) is 0.333. The van der Waals surface area contributed by atoms with Gasteiger partial charge in [0, 0.05) is 11.1 Å². The lowest BCUT2D eigenvalue weighted by Crippen LogP contribution is -2.41. The van der Waals surface area contributed by atoms with Crippen LogP contribution in [0.1, 0.15) is 41.0 Å². The van der Waals surface area contributed by atoms with Crippen molar-refractivity contribution in [3.8, 4) is 11.5 Å². The largest absolute Gasteiger partial charge is 0.493 e. The molecule has 0 saturated carbocycles. The van der Waals surface area contributed by atoms with E-state index in [1.165, 1.54) is 31.4 Å². The van der Waals surface area contributed by atoms with Gasteiger partial charge in [0.15, 0.2) is 11.5 Å². The Kier molecular flexibility index (Phi) is 8.73. The summed E-state index contributed by atoms with van der Waals surface area (Å²) in [4.78, 5) is 24.8. The van der Waals surface area contributed by atoms with Gasteiger partial charge in [-0.1, -0.05) is 25.4 Å². The molecule has 0 fully saturated rings. The van der Waals surface area contributed by atoms with Crippen LogP contribution in [0.2, 0.25) is 5.02 Å². The monoisotopic (exact) mass is 483 g/mol. The number of nitrogens with one attached hydrogen (secondary N) is 3. The van der Waals surface area contributed by atoms with Gasteiger partial charge < -0.3 is 9.47 Å². The summed E-state index contributed by atoms with van der Waals surface area (Å²) >= 11 is 5.95. The van der Waals surface area contributed by atoms with Crippen LogP contribution < -0.4 is 25.0 Å². The highest BCUT2D eigenvalue weighted by atomic mass is 35.5. The van der Waals surface area contributed by atoms with E-state index in [0.29, 0.717) is 24.0 Å². The summed E-state index contributed by atoms with van der Waals surface area (Å²) in [5, 5.41) is 0.124. The fourth-order valence-corrected chi connectivity index (χ4v) is 3.32. The molecule has 0 aliphatic rings. The Morgan fingerprint density at radius 2 is 1.59 bits per heavy atom. The molecule has 0 bridgehead atoms. The van der Waals surface area contributed by atoms with Crippen molar-refractivity contribution >= 4 is 39.1 Å². The van der Waals surface area contributed by atoms with E-state index in [1.807, 2.05) is 0 Å². The second-order valence-electron chi connectivity index (χ2n) is 7.37. The Hall–Kier alpha value is -2.98. The number of anilines is 1. The summed E-state index contributed by atoms with van der Waals surface area (Å²) in [6, 6.07) is 8.70. The maximum Gasteiger partial charge on any atom is 0.269 e. The Morgan fingerprint density at radius 3 is 2.16 bits per heavy atom. The van der Waals surface area contributed by atoms with Gasteiger partial charge in [0.25, 0.3) is 11.8 Å². The first-order chi connectivity index (χ1) is 15.0. The number of halogens is 1. The molecule has 2 amide bonds. The maximum atomic E-state index is 12.4. The smallest absolute Gasteiger partial charge is 0.269 e. The first kappa shape index (κ1) is 25.3. The lowest BCUT2D eigenvalue weighted by molar-refractivity contribution is 0.0846. The van der Waals surface area contributed by atoms with E-state index in [0.717, 1.165) is 12.7 Å². The third-order valence-corrected chi connectivity index (χ3v) is 5.11. The minimum absolute atomic E-state index is 0.0472. The van der Waals surface area contributed by atoms with Gasteiger partial charge >= 0.3 is 0 Å². The molecule has 0 heterocycles. The van der Waals surface area contributed by atoms with Gasteiger partial charge in [-0.15, -0.1) is 0 Å². The van der Waals surface area contributed by atoms with E-state index in [4.69, 9.17) is 21.1 Å². The third kappa shape index (κ3) is 7.61. The van der Waals surface area contributed by atoms with E-state index in [2.05, 4.69) is 29.4 Å². The van der Waals surface area contributed by atoms with E-state index >= 15 is 0 Å². The minimum Gasteiger partial charge on any atom is -0.493 e. The summed E-state index contributed by atoms with van der Waals surface area (Å²) in [6.45, 7) is 4.71. The number of ether oxygens (including phenoxy) is 2. The van der Waals surface area contributed by atoms with Gasteiger partial charge in [-0.25, -0.2) is 8.42 Å². The number of hydrogen-bond acceptors (Lipinski definition) is 6. The van der Waals surface area contributed by atoms with Crippen LogP contribution in [-0.4, -0.2) is 40.2 Å². The molecule has 32 heavy (non-hydrogen) atoms. The van der Waals surface area contributed by atoms with Crippen LogP contribution >= 0.6 is 11.6 Å². The minimum atomic E-state index is -3.58. The number of methoxy groups -OCH3 is 1. The quantitative estimate of drug-likeness (QED) is 0.470. The number of carbonyl (C=O) groups excluding carboxylic acids is 2. The van der Waals surface area contributed by atoms with Crippen molar-refractivity contribution in [2.45, 2.75) is 20.3 Å². The standard InChI is InChI=1S/C21H26ClN3O6S/c1-13(2)9-10-31-18-8-6-15(12-19(18)30-3)21(27)24-23-20(26)14-5-7-16(22)17(11-14)25-32(4,28)29/h5-8,11-13,25H,9-10H2,1-4H3,(H,23,26)(H,24,27). The van der Waals surface area contributed by atoms with Gasteiger partial charge in [0.1, 0.15) is 0 Å². The van der Waals surface area contributed by atoms with E-state index < -0.39 is 21.8 Å². The highest BCUT2D eigenvalue weighted by Crippen LogP contribution is 2.28. The molecule has 0 atom stereocenters. The van der Waals surface area contributed by atoms with E-state index in [1.54, 1.807) is 12.1 Å². The molecule has 2 aromatic rings. The first-order valence-corrected chi connectivity index (χ1v) is 12.0. The predicted molar refractivity (Wildman–Crippen MR) is 123 cm³/mol. The molecular weight excluding hydrogens is 458 g/mol. The molecule has 11 heteroatoms. The van der Waals surface area contributed by atoms with Crippen LogP contribution in [0.4, 0.5) is 5.69 Å². The Bertz CT molecular complexity index is 1090. The van der Waals surface area contributed by atoms with Gasteiger partial charge in [-0.3, -0.25) is 25.2 Å². The highest BCUT2D eigenvalue weighted by Gasteiger charge is 2.15. The van der Waals surface area contributed by atoms with E-state index in [9.17, 15) is 18.0 Å². The molecule has 0 radical (unpaired) electrons. The Morgan fingerprint density at radius 1 is 1.00 bits per heavy atom. The zero-order valence-electron chi connectivity index (χ0n) is 18.2. The van der Waals surface area contributed by atoms with Crippen LogP contribution in [0.15, 0.2) is 36.4 Å². The molecule has 0 saturated heterocycles. The number of benzene rings is 2. The van der Waals surface area contributed by atoms with Crippen molar-refractivity contribution in [2.75, 3.05) is 24.7 Å². The van der Waals surface area contributed by atoms with Crippen molar-refractivity contribution in [2.24, 2.45) is 5.92 Å². The molecule has 0 aliphatic heterocycles. The number of hydrogen-bond donors (Lipinski definition) is 3. The van der Waals surface area contributed by atoms with Crippen LogP contribution in [-0.2, 0) is 10.0 Å². The van der Waals surface area contributed by atoms with Crippen molar-refractivity contribution in [3.05, 3.63) is 52.5 Å². The summed E-state index contributed by atoms with van der Waals surface area (Å²) in [7, 11) is -2.11. The fourth-order valence-electron chi connectivity index (χ4n) is 2.53. The summed E-state index contributed by atoms with van der Waals surface area (Å²) in [6.07, 6.45) is 1.84. The first-order valence-electron chi connectivity index (χ1n) is 9.69. The lowest BCUT2D eigenvalue weighted by Gasteiger charge is -2.13. The summed E-state index contributed by atoms with van der Waals surface area (Å²) < 4.78 is 36.1. The van der Waals surface area contributed by atoms with Crippen molar-refractivity contribution in [1.29, 1.82) is 0 Å². The number of sulfonamides is 1. The average molecular weight is 484 g/mol. The van der Waals surface area contributed by atoms with Gasteiger partial charge in [-0.2, -0.15) is 0 Å². The molecule has 9 nitrogen and oxygen atoms in total. The highest BCUT2D eigenvalue weighted by molar-refractivity contribution is 7.92. The van der Waals surface area contributed by atoms with Gasteiger partial charge in [-0.05, 0) is 48.7 Å². The van der Waals surface area contributed by atoms with Crippen LogP contribution in [0.5, 0.6) is 11.5 Å². The number of rotatable bonds is 9. The second-order valence-corrected chi connectivity index (χ2v) is 9.53. The number of hydrazine groups is 1. The number of amides is 2. The van der Waals surface area contributed by atoms with Gasteiger partial charge in [0.2, 0.25) is 10.0 Å². The zero-order valence-corrected chi connectivity index (χ0v) is 19.8. The molecule has 2 aromatic carbocycles. The average Bonchev–Trinajstić information content (AvgIpc) is 2.72. The van der Waals surface area contributed by atoms with Crippen LogP contribution in [0.25, 0.3) is 0 Å². The summed E-state index contributed by atoms with van der Waals surface area (Å²) in [5.74, 6) is 0.164. The molecule has 0 aromatic heterocycles. The van der Waals surface area contributed by atoms with Crippen molar-refractivity contribution in [1.82, 2.24) is 10.9 Å². The molecule has 0 unspecified atom stereocenters. The van der Waals surface area contributed by atoms with Crippen molar-refractivity contribution < 1.29 is 27.5 Å². The molecule has 3 N–H and O–H groups in total. The van der Waals surface area contributed by atoms with Crippen LogP contribution in [0.3, 0.4) is 0 Å². The SMILES string of the molecule is COc1cc(C(=O)NNC(=O)c2ccc(Cl)c(NS(C)(=O)=O)c2)ccc1OCCC(C)C. The van der Waals surface area contributed by atoms with E-state index in [-0.39, 0.29) is 21.8 Å². The number of carbonyl (C=O) groups is 2. The summed E-state index contributed by atoms with van der Waals surface area (Å²) in [5.41, 5.74) is 4.96. The molecule has 2 rings (SSSR count). The molecule has 0 spiro atoms. The normalized spacial score (nSPS) is 11.1. The van der Waals surface area contributed by atoms with Crippen molar-refractivity contribution in [3.63, 3.8) is 0 Å². The second kappa shape index (κ2) is 11.1. The third-order valence-electron chi connectivity index (χ3n) is 4.19. The van der Waals surface area contributed by atoms with Gasteiger partial charge in [0.05, 0.1) is 30.7 Å². The van der Waals surface area contributed by atoms with Crippen LogP contribution in [0, 0.1) is 5.92 Å². The topological polar surface area (TPSA) is 123 Å². The molecular formula is C21H26ClN3O6S. The lowest BCUT2D eigenvalue weighted by atomic mass is 10.1. The maximum absolute atomic E-state index is 12.4.